The molecule has 5 nitrogen and oxygen atoms in total. The van der Waals surface area contributed by atoms with E-state index in [0.29, 0.717) is 18.9 Å². The summed E-state index contributed by atoms with van der Waals surface area (Å²) in [6, 6.07) is 7.72. The summed E-state index contributed by atoms with van der Waals surface area (Å²) in [6.45, 7) is 4.88. The molecule has 0 aliphatic carbocycles. The lowest BCUT2D eigenvalue weighted by Gasteiger charge is -2.18. The van der Waals surface area contributed by atoms with E-state index in [1.165, 1.54) is 5.56 Å². The Morgan fingerprint density at radius 1 is 1.14 bits per heavy atom. The molecular weight excluding hydrogens is 280 g/mol. The number of nitrogens with one attached hydrogen (secondary N) is 1. The van der Waals surface area contributed by atoms with E-state index in [0.717, 1.165) is 18.5 Å². The standard InChI is InChI=1S/C17H26N2O3/c1-13(2)14-8-10-15(11-9-14)18-17(22)19(3)12-6-4-5-7-16(20)21/h8-11,13H,4-7,12H2,1-3H3,(H,18,22)(H,20,21). The van der Waals surface area contributed by atoms with Gasteiger partial charge in [0.2, 0.25) is 0 Å². The second kappa shape index (κ2) is 9.07. The quantitative estimate of drug-likeness (QED) is 0.715. The third-order valence-electron chi connectivity index (χ3n) is 3.56. The van der Waals surface area contributed by atoms with Crippen LogP contribution in [0.15, 0.2) is 24.3 Å². The Morgan fingerprint density at radius 2 is 1.77 bits per heavy atom. The molecule has 1 aromatic rings. The summed E-state index contributed by atoms with van der Waals surface area (Å²) in [5.41, 5.74) is 2.02. The number of aliphatic carboxylic acids is 1. The molecule has 1 aromatic carbocycles. The molecule has 1 rings (SSSR count). The molecule has 0 aromatic heterocycles. The number of amides is 2. The van der Waals surface area contributed by atoms with E-state index in [1.54, 1.807) is 11.9 Å². The Hall–Kier alpha value is -2.04. The predicted octanol–water partition coefficient (Wildman–Crippen LogP) is 3.92. The minimum Gasteiger partial charge on any atom is -0.481 e. The summed E-state index contributed by atoms with van der Waals surface area (Å²) < 4.78 is 0. The maximum Gasteiger partial charge on any atom is 0.321 e. The van der Waals surface area contributed by atoms with Crippen molar-refractivity contribution in [2.45, 2.75) is 45.4 Å². The topological polar surface area (TPSA) is 69.6 Å². The van der Waals surface area contributed by atoms with Crippen molar-refractivity contribution in [3.8, 4) is 0 Å². The van der Waals surface area contributed by atoms with Crippen molar-refractivity contribution in [2.75, 3.05) is 18.9 Å². The van der Waals surface area contributed by atoms with Gasteiger partial charge in [-0.2, -0.15) is 0 Å². The van der Waals surface area contributed by atoms with Crippen molar-refractivity contribution in [3.63, 3.8) is 0 Å². The summed E-state index contributed by atoms with van der Waals surface area (Å²) in [5, 5.41) is 11.4. The van der Waals surface area contributed by atoms with Crippen LogP contribution in [-0.2, 0) is 4.79 Å². The molecule has 0 bridgehead atoms. The first-order chi connectivity index (χ1) is 10.4. The van der Waals surface area contributed by atoms with Crippen LogP contribution in [0.5, 0.6) is 0 Å². The lowest BCUT2D eigenvalue weighted by atomic mass is 10.0. The third-order valence-corrected chi connectivity index (χ3v) is 3.56. The molecule has 0 heterocycles. The Morgan fingerprint density at radius 3 is 2.32 bits per heavy atom. The van der Waals surface area contributed by atoms with Gasteiger partial charge in [-0.1, -0.05) is 32.4 Å². The number of rotatable bonds is 8. The van der Waals surface area contributed by atoms with E-state index < -0.39 is 5.97 Å². The molecule has 0 unspecified atom stereocenters. The number of nitrogens with zero attached hydrogens (tertiary/aromatic N) is 1. The number of benzene rings is 1. The molecule has 22 heavy (non-hydrogen) atoms. The summed E-state index contributed by atoms with van der Waals surface area (Å²) in [4.78, 5) is 24.0. The highest BCUT2D eigenvalue weighted by molar-refractivity contribution is 5.89. The van der Waals surface area contributed by atoms with Crippen molar-refractivity contribution < 1.29 is 14.7 Å². The van der Waals surface area contributed by atoms with Gasteiger partial charge < -0.3 is 15.3 Å². The van der Waals surface area contributed by atoms with E-state index in [4.69, 9.17) is 5.11 Å². The van der Waals surface area contributed by atoms with Crippen molar-refractivity contribution in [2.24, 2.45) is 0 Å². The molecule has 0 saturated heterocycles. The molecule has 0 atom stereocenters. The number of carboxylic acid groups (broad SMARTS) is 1. The van der Waals surface area contributed by atoms with Gasteiger partial charge in [0.05, 0.1) is 0 Å². The van der Waals surface area contributed by atoms with E-state index in [9.17, 15) is 9.59 Å². The number of carbonyl (C=O) groups excluding carboxylic acids is 1. The fourth-order valence-electron chi connectivity index (χ4n) is 2.07. The Bertz CT molecular complexity index is 483. The van der Waals surface area contributed by atoms with E-state index in [1.807, 2.05) is 24.3 Å². The predicted molar refractivity (Wildman–Crippen MR) is 88.3 cm³/mol. The van der Waals surface area contributed by atoms with E-state index >= 15 is 0 Å². The molecule has 2 N–H and O–H groups in total. The van der Waals surface area contributed by atoms with Crippen molar-refractivity contribution in [1.82, 2.24) is 4.90 Å². The summed E-state index contributed by atoms with van der Waals surface area (Å²) in [6.07, 6.45) is 2.47. The fraction of sp³-hybridized carbons (Fsp3) is 0.529. The van der Waals surface area contributed by atoms with Gasteiger partial charge in [-0.3, -0.25) is 4.79 Å². The van der Waals surface area contributed by atoms with Crippen molar-refractivity contribution in [1.29, 1.82) is 0 Å². The van der Waals surface area contributed by atoms with Gasteiger partial charge in [-0.15, -0.1) is 0 Å². The Kier molecular flexibility index (Phi) is 7.43. The van der Waals surface area contributed by atoms with Crippen molar-refractivity contribution in [3.05, 3.63) is 29.8 Å². The highest BCUT2D eigenvalue weighted by Gasteiger charge is 2.09. The molecule has 0 aliphatic heterocycles. The van der Waals surface area contributed by atoms with Gasteiger partial charge in [-0.25, -0.2) is 4.79 Å². The second-order valence-electron chi connectivity index (χ2n) is 5.83. The lowest BCUT2D eigenvalue weighted by molar-refractivity contribution is -0.137. The first kappa shape index (κ1) is 18.0. The van der Waals surface area contributed by atoms with Crippen LogP contribution in [0, 0.1) is 0 Å². The number of carboxylic acids is 1. The molecule has 122 valence electrons. The molecule has 0 fully saturated rings. The molecular formula is C17H26N2O3. The van der Waals surface area contributed by atoms with Crippen LogP contribution >= 0.6 is 0 Å². The van der Waals surface area contributed by atoms with Crippen LogP contribution in [0.1, 0.15) is 51.0 Å². The third kappa shape index (κ3) is 6.61. The highest BCUT2D eigenvalue weighted by atomic mass is 16.4. The van der Waals surface area contributed by atoms with Crippen LogP contribution in [-0.4, -0.2) is 35.6 Å². The lowest BCUT2D eigenvalue weighted by Crippen LogP contribution is -2.32. The zero-order valence-electron chi connectivity index (χ0n) is 13.6. The number of hydrogen-bond acceptors (Lipinski definition) is 2. The molecule has 0 radical (unpaired) electrons. The fourth-order valence-corrected chi connectivity index (χ4v) is 2.07. The van der Waals surface area contributed by atoms with E-state index in [2.05, 4.69) is 19.2 Å². The van der Waals surface area contributed by atoms with Gasteiger partial charge in [0.1, 0.15) is 0 Å². The monoisotopic (exact) mass is 306 g/mol. The first-order valence-corrected chi connectivity index (χ1v) is 7.74. The smallest absolute Gasteiger partial charge is 0.321 e. The van der Waals surface area contributed by atoms with Gasteiger partial charge in [-0.05, 0) is 36.5 Å². The maximum atomic E-state index is 12.0. The first-order valence-electron chi connectivity index (χ1n) is 7.74. The van der Waals surface area contributed by atoms with Crippen molar-refractivity contribution >= 4 is 17.7 Å². The second-order valence-corrected chi connectivity index (χ2v) is 5.83. The molecule has 0 spiro atoms. The van der Waals surface area contributed by atoms with Gasteiger partial charge in [0.25, 0.3) is 0 Å². The van der Waals surface area contributed by atoms with Crippen LogP contribution < -0.4 is 5.32 Å². The number of anilines is 1. The SMILES string of the molecule is CC(C)c1ccc(NC(=O)N(C)CCCCCC(=O)O)cc1. The normalized spacial score (nSPS) is 10.5. The number of carbonyl (C=O) groups is 2. The average Bonchev–Trinajstić information content (AvgIpc) is 2.46. The minimum atomic E-state index is -0.768. The molecule has 0 saturated carbocycles. The molecule has 5 heteroatoms. The summed E-state index contributed by atoms with van der Waals surface area (Å²) in [7, 11) is 1.75. The van der Waals surface area contributed by atoms with Crippen LogP contribution in [0.25, 0.3) is 0 Å². The maximum absolute atomic E-state index is 12.0. The van der Waals surface area contributed by atoms with Gasteiger partial charge >= 0.3 is 12.0 Å². The van der Waals surface area contributed by atoms with Gasteiger partial charge in [0.15, 0.2) is 0 Å². The van der Waals surface area contributed by atoms with E-state index in [-0.39, 0.29) is 12.5 Å². The Balaban J connectivity index is 2.32. The number of unbranched alkanes of at least 4 members (excludes halogenated alkanes) is 2. The number of hydrogen-bond donors (Lipinski definition) is 2. The van der Waals surface area contributed by atoms with Crippen LogP contribution in [0.2, 0.25) is 0 Å². The Labute approximate surface area is 132 Å². The van der Waals surface area contributed by atoms with Crippen LogP contribution in [0.4, 0.5) is 10.5 Å². The van der Waals surface area contributed by atoms with Gasteiger partial charge in [0, 0.05) is 25.7 Å². The zero-order valence-corrected chi connectivity index (χ0v) is 13.6. The average molecular weight is 306 g/mol. The van der Waals surface area contributed by atoms with Crippen LogP contribution in [0.3, 0.4) is 0 Å². The summed E-state index contributed by atoms with van der Waals surface area (Å²) in [5.74, 6) is -0.297. The summed E-state index contributed by atoms with van der Waals surface area (Å²) >= 11 is 0. The zero-order chi connectivity index (χ0) is 16.5. The highest BCUT2D eigenvalue weighted by Crippen LogP contribution is 2.17. The molecule has 0 aliphatic rings. The molecule has 2 amide bonds. The largest absolute Gasteiger partial charge is 0.481 e. The minimum absolute atomic E-state index is 0.143. The number of urea groups is 1.